The van der Waals surface area contributed by atoms with Crippen molar-refractivity contribution in [3.05, 3.63) is 59.2 Å². The van der Waals surface area contributed by atoms with Gasteiger partial charge < -0.3 is 25.0 Å². The molecule has 0 bridgehead atoms. The Morgan fingerprint density at radius 2 is 1.67 bits per heavy atom. The molecule has 3 N–H and O–H groups in total. The third-order valence-corrected chi connectivity index (χ3v) is 6.19. The summed E-state index contributed by atoms with van der Waals surface area (Å²) < 4.78 is 11.3. The third kappa shape index (κ3) is 6.48. The number of carboxylic acids is 1. The summed E-state index contributed by atoms with van der Waals surface area (Å²) >= 11 is 0. The smallest absolute Gasteiger partial charge is 0.329 e. The van der Waals surface area contributed by atoms with Crippen molar-refractivity contribution in [3.8, 4) is 11.5 Å². The molecule has 0 unspecified atom stereocenters. The molecule has 7 nitrogen and oxygen atoms in total. The zero-order chi connectivity index (χ0) is 23.7. The fourth-order valence-electron chi connectivity index (χ4n) is 4.29. The van der Waals surface area contributed by atoms with E-state index in [0.29, 0.717) is 49.4 Å². The van der Waals surface area contributed by atoms with E-state index in [1.54, 1.807) is 18.2 Å². The lowest BCUT2D eigenvalue weighted by molar-refractivity contribution is -0.145. The van der Waals surface area contributed by atoms with Gasteiger partial charge in [0.15, 0.2) is 11.5 Å². The Labute approximate surface area is 194 Å². The molecule has 0 radical (unpaired) electrons. The van der Waals surface area contributed by atoms with Gasteiger partial charge in [0, 0.05) is 18.6 Å². The van der Waals surface area contributed by atoms with Crippen molar-refractivity contribution in [2.24, 2.45) is 0 Å². The second-order valence-electron chi connectivity index (χ2n) is 8.51. The monoisotopic (exact) mass is 455 g/mol. The summed E-state index contributed by atoms with van der Waals surface area (Å²) in [7, 11) is 1.53. The highest BCUT2D eigenvalue weighted by molar-refractivity contribution is 5.98. The number of carbonyl (C=O) groups excluding carboxylic acids is 1. The molecule has 1 aliphatic carbocycles. The average molecular weight is 456 g/mol. The number of nitrogens with one attached hydrogen (secondary N) is 1. The van der Waals surface area contributed by atoms with Crippen molar-refractivity contribution in [1.82, 2.24) is 5.32 Å². The lowest BCUT2D eigenvalue weighted by Crippen LogP contribution is -2.54. The molecule has 33 heavy (non-hydrogen) atoms. The molecule has 7 heteroatoms. The summed E-state index contributed by atoms with van der Waals surface area (Å²) in [5.41, 5.74) is 1.26. The van der Waals surface area contributed by atoms with Gasteiger partial charge in [0.25, 0.3) is 5.91 Å². The van der Waals surface area contributed by atoms with E-state index in [0.717, 1.165) is 36.8 Å². The minimum absolute atomic E-state index is 0.106. The molecule has 2 aromatic rings. The third-order valence-electron chi connectivity index (χ3n) is 6.19. The molecule has 0 aliphatic heterocycles. The number of aliphatic hydroxyl groups is 1. The Balaban J connectivity index is 1.70. The fourth-order valence-corrected chi connectivity index (χ4v) is 4.29. The Kier molecular flexibility index (Phi) is 8.72. The van der Waals surface area contributed by atoms with Crippen LogP contribution in [0.4, 0.5) is 0 Å². The summed E-state index contributed by atoms with van der Waals surface area (Å²) in [6.45, 7) is 0.484. The number of rotatable bonds is 10. The maximum atomic E-state index is 13.0. The van der Waals surface area contributed by atoms with Crippen molar-refractivity contribution in [3.63, 3.8) is 0 Å². The van der Waals surface area contributed by atoms with E-state index in [1.807, 2.05) is 24.3 Å². The molecule has 0 spiro atoms. The first-order valence-electron chi connectivity index (χ1n) is 11.5. The van der Waals surface area contributed by atoms with Gasteiger partial charge >= 0.3 is 5.97 Å². The zero-order valence-electron chi connectivity index (χ0n) is 19.1. The van der Waals surface area contributed by atoms with Crippen molar-refractivity contribution < 1.29 is 29.3 Å². The zero-order valence-corrected chi connectivity index (χ0v) is 19.1. The summed E-state index contributed by atoms with van der Waals surface area (Å²) in [5, 5.41) is 21.8. The number of amides is 1. The number of aliphatic hydroxyl groups excluding tert-OH is 1. The van der Waals surface area contributed by atoms with Crippen LogP contribution in [0.15, 0.2) is 42.5 Å². The van der Waals surface area contributed by atoms with Crippen molar-refractivity contribution in [1.29, 1.82) is 0 Å². The molecular formula is C26H33NO6. The molecule has 1 amide bonds. The van der Waals surface area contributed by atoms with Crippen LogP contribution in [-0.4, -0.2) is 48.0 Å². The van der Waals surface area contributed by atoms with E-state index >= 15 is 0 Å². The second kappa shape index (κ2) is 11.7. The first-order chi connectivity index (χ1) is 16.0. The van der Waals surface area contributed by atoms with E-state index in [4.69, 9.17) is 14.6 Å². The van der Waals surface area contributed by atoms with Crippen LogP contribution in [0.3, 0.4) is 0 Å². The minimum atomic E-state index is -1.23. The SMILES string of the molecule is COc1ccc(C(=O)NC2(C(=O)O)CCCCCC2)cc1OCCc1cccc(CCO)c1. The summed E-state index contributed by atoms with van der Waals surface area (Å²) in [4.78, 5) is 25.0. The molecule has 1 fully saturated rings. The molecule has 3 rings (SSSR count). The summed E-state index contributed by atoms with van der Waals surface area (Å²) in [6.07, 6.45) is 5.65. The average Bonchev–Trinajstić information content (AvgIpc) is 3.06. The van der Waals surface area contributed by atoms with Crippen molar-refractivity contribution in [2.75, 3.05) is 20.3 Å². The molecule has 1 saturated carbocycles. The van der Waals surface area contributed by atoms with Crippen LogP contribution in [0.25, 0.3) is 0 Å². The number of benzene rings is 2. The number of carbonyl (C=O) groups is 2. The van der Waals surface area contributed by atoms with Crippen LogP contribution in [0, 0.1) is 0 Å². The quantitative estimate of drug-likeness (QED) is 0.471. The van der Waals surface area contributed by atoms with E-state index in [1.165, 1.54) is 7.11 Å². The van der Waals surface area contributed by atoms with Gasteiger partial charge in [0.1, 0.15) is 5.54 Å². The van der Waals surface area contributed by atoms with Crippen LogP contribution in [0.2, 0.25) is 0 Å². The first-order valence-corrected chi connectivity index (χ1v) is 11.5. The predicted molar refractivity (Wildman–Crippen MR) is 125 cm³/mol. The van der Waals surface area contributed by atoms with Gasteiger partial charge in [-0.2, -0.15) is 0 Å². The fraction of sp³-hybridized carbons (Fsp3) is 0.462. The Morgan fingerprint density at radius 3 is 2.30 bits per heavy atom. The van der Waals surface area contributed by atoms with Crippen LogP contribution in [0.1, 0.15) is 60.0 Å². The van der Waals surface area contributed by atoms with Gasteiger partial charge in [-0.05, 0) is 48.6 Å². The van der Waals surface area contributed by atoms with Crippen LogP contribution in [-0.2, 0) is 17.6 Å². The van der Waals surface area contributed by atoms with E-state index in [-0.39, 0.29) is 6.61 Å². The molecule has 0 aromatic heterocycles. The van der Waals surface area contributed by atoms with Crippen LogP contribution >= 0.6 is 0 Å². The van der Waals surface area contributed by atoms with Gasteiger partial charge in [-0.15, -0.1) is 0 Å². The number of hydrogen-bond donors (Lipinski definition) is 3. The molecule has 0 saturated heterocycles. The largest absolute Gasteiger partial charge is 0.493 e. The highest BCUT2D eigenvalue weighted by Crippen LogP contribution is 2.31. The highest BCUT2D eigenvalue weighted by Gasteiger charge is 2.40. The van der Waals surface area contributed by atoms with Gasteiger partial charge in [0.05, 0.1) is 13.7 Å². The number of hydrogen-bond acceptors (Lipinski definition) is 5. The number of ether oxygens (including phenoxy) is 2. The summed E-state index contributed by atoms with van der Waals surface area (Å²) in [6, 6.07) is 12.9. The standard InChI is InChI=1S/C26H33NO6/c1-32-22-10-9-21(24(29)27-26(25(30)31)13-4-2-3-5-14-26)18-23(22)33-16-12-20-8-6-7-19(17-20)11-15-28/h6-10,17-18,28H,2-5,11-16H2,1H3,(H,27,29)(H,30,31). The number of methoxy groups -OCH3 is 1. The maximum Gasteiger partial charge on any atom is 0.329 e. The number of carboxylic acid groups (broad SMARTS) is 1. The lowest BCUT2D eigenvalue weighted by atomic mass is 9.90. The first kappa shape index (κ1) is 24.6. The maximum absolute atomic E-state index is 13.0. The van der Waals surface area contributed by atoms with Gasteiger partial charge in [0.2, 0.25) is 0 Å². The molecule has 178 valence electrons. The van der Waals surface area contributed by atoms with E-state index in [9.17, 15) is 14.7 Å². The Hall–Kier alpha value is -3.06. The topological polar surface area (TPSA) is 105 Å². The highest BCUT2D eigenvalue weighted by atomic mass is 16.5. The Bertz CT molecular complexity index is 950. The van der Waals surface area contributed by atoms with Gasteiger partial charge in [-0.1, -0.05) is 49.9 Å². The molecule has 0 atom stereocenters. The van der Waals surface area contributed by atoms with E-state index in [2.05, 4.69) is 5.32 Å². The van der Waals surface area contributed by atoms with Crippen LogP contribution < -0.4 is 14.8 Å². The lowest BCUT2D eigenvalue weighted by Gasteiger charge is -2.29. The van der Waals surface area contributed by atoms with Crippen molar-refractivity contribution >= 4 is 11.9 Å². The van der Waals surface area contributed by atoms with Gasteiger partial charge in [-0.25, -0.2) is 4.79 Å². The molecule has 0 heterocycles. The molecule has 2 aromatic carbocycles. The minimum Gasteiger partial charge on any atom is -0.493 e. The predicted octanol–water partition coefficient (Wildman–Crippen LogP) is 3.76. The van der Waals surface area contributed by atoms with Crippen LogP contribution in [0.5, 0.6) is 11.5 Å². The van der Waals surface area contributed by atoms with Gasteiger partial charge in [-0.3, -0.25) is 4.79 Å². The second-order valence-corrected chi connectivity index (χ2v) is 8.51. The molecule has 1 aliphatic rings. The number of aliphatic carboxylic acids is 1. The summed E-state index contributed by atoms with van der Waals surface area (Å²) in [5.74, 6) is -0.473. The van der Waals surface area contributed by atoms with Crippen molar-refractivity contribution in [2.45, 2.75) is 56.9 Å². The molecular weight excluding hydrogens is 422 g/mol. The van der Waals surface area contributed by atoms with E-state index < -0.39 is 17.4 Å². The normalized spacial score (nSPS) is 15.3. The Morgan fingerprint density at radius 1 is 0.970 bits per heavy atom.